The SMILES string of the molecule is CC(C)C(=O)N1CCO[C@](Cc2cccc(-c3ccncc3)c2)(C(N)=O)C1. The smallest absolute Gasteiger partial charge is 0.251 e. The summed E-state index contributed by atoms with van der Waals surface area (Å²) in [4.78, 5) is 30.5. The lowest BCUT2D eigenvalue weighted by molar-refractivity contribution is -0.165. The number of primary amides is 1. The molecule has 2 amide bonds. The number of aromatic nitrogens is 1. The molecule has 1 fully saturated rings. The largest absolute Gasteiger partial charge is 0.367 e. The zero-order valence-electron chi connectivity index (χ0n) is 15.7. The number of benzene rings is 1. The minimum atomic E-state index is -1.21. The second kappa shape index (κ2) is 7.88. The van der Waals surface area contributed by atoms with Crippen molar-refractivity contribution in [3.8, 4) is 11.1 Å². The molecule has 3 rings (SSSR count). The number of carbonyl (C=O) groups is 2. The summed E-state index contributed by atoms with van der Waals surface area (Å²) in [5.74, 6) is -0.670. The molecule has 0 saturated carbocycles. The summed E-state index contributed by atoms with van der Waals surface area (Å²) in [7, 11) is 0. The molecule has 0 aliphatic carbocycles. The second-order valence-electron chi connectivity index (χ2n) is 7.23. The van der Waals surface area contributed by atoms with Crippen LogP contribution < -0.4 is 5.73 Å². The van der Waals surface area contributed by atoms with Crippen LogP contribution in [-0.2, 0) is 20.7 Å². The molecule has 1 saturated heterocycles. The lowest BCUT2D eigenvalue weighted by atomic mass is 9.90. The highest BCUT2D eigenvalue weighted by molar-refractivity contribution is 5.86. The Balaban J connectivity index is 1.87. The molecule has 1 aromatic carbocycles. The first-order valence-corrected chi connectivity index (χ1v) is 9.13. The molecular formula is C21H25N3O3. The number of rotatable bonds is 5. The number of hydrogen-bond acceptors (Lipinski definition) is 4. The molecule has 2 aromatic rings. The summed E-state index contributed by atoms with van der Waals surface area (Å²) < 4.78 is 5.86. The van der Waals surface area contributed by atoms with E-state index in [4.69, 9.17) is 10.5 Å². The summed E-state index contributed by atoms with van der Waals surface area (Å²) in [6.45, 7) is 4.65. The summed E-state index contributed by atoms with van der Waals surface area (Å²) in [5.41, 5.74) is 7.52. The maximum Gasteiger partial charge on any atom is 0.251 e. The Morgan fingerprint density at radius 1 is 1.22 bits per heavy atom. The van der Waals surface area contributed by atoms with E-state index in [2.05, 4.69) is 4.98 Å². The topological polar surface area (TPSA) is 85.5 Å². The van der Waals surface area contributed by atoms with Crippen LogP contribution in [0.5, 0.6) is 0 Å². The Bertz CT molecular complexity index is 822. The highest BCUT2D eigenvalue weighted by Gasteiger charge is 2.44. The van der Waals surface area contributed by atoms with E-state index in [1.54, 1.807) is 17.3 Å². The van der Waals surface area contributed by atoms with Gasteiger partial charge in [0.15, 0.2) is 5.60 Å². The predicted molar refractivity (Wildman–Crippen MR) is 103 cm³/mol. The molecule has 0 spiro atoms. The molecule has 1 aromatic heterocycles. The van der Waals surface area contributed by atoms with E-state index >= 15 is 0 Å². The van der Waals surface area contributed by atoms with Gasteiger partial charge < -0.3 is 15.4 Å². The number of nitrogens with zero attached hydrogens (tertiary/aromatic N) is 2. The van der Waals surface area contributed by atoms with E-state index in [9.17, 15) is 9.59 Å². The molecule has 0 radical (unpaired) electrons. The number of amides is 2. The monoisotopic (exact) mass is 367 g/mol. The normalized spacial score (nSPS) is 19.9. The quantitative estimate of drug-likeness (QED) is 0.876. The maximum absolute atomic E-state index is 12.4. The summed E-state index contributed by atoms with van der Waals surface area (Å²) in [6, 6.07) is 11.8. The van der Waals surface area contributed by atoms with Gasteiger partial charge in [-0.1, -0.05) is 38.1 Å². The molecule has 27 heavy (non-hydrogen) atoms. The average Bonchev–Trinajstić information content (AvgIpc) is 2.68. The van der Waals surface area contributed by atoms with E-state index < -0.39 is 11.5 Å². The minimum absolute atomic E-state index is 0.00876. The summed E-state index contributed by atoms with van der Waals surface area (Å²) >= 11 is 0. The van der Waals surface area contributed by atoms with Gasteiger partial charge in [0.05, 0.1) is 13.2 Å². The molecular weight excluding hydrogens is 342 g/mol. The van der Waals surface area contributed by atoms with Crippen LogP contribution in [0.15, 0.2) is 48.8 Å². The fraction of sp³-hybridized carbons (Fsp3) is 0.381. The standard InChI is InChI=1S/C21H25N3O3/c1-15(2)19(25)24-10-11-27-21(14-24,20(22)26)13-16-4-3-5-18(12-16)17-6-8-23-9-7-17/h3-9,12,15H,10-11,13-14H2,1-2H3,(H2,22,26)/t21-/m0/s1. The van der Waals surface area contributed by atoms with Crippen LogP contribution in [0, 0.1) is 5.92 Å². The Kier molecular flexibility index (Phi) is 5.56. The van der Waals surface area contributed by atoms with Gasteiger partial charge in [-0.25, -0.2) is 0 Å². The molecule has 2 N–H and O–H groups in total. The van der Waals surface area contributed by atoms with E-state index in [1.165, 1.54) is 0 Å². The fourth-order valence-electron chi connectivity index (χ4n) is 3.42. The molecule has 142 valence electrons. The molecule has 1 aliphatic heterocycles. The van der Waals surface area contributed by atoms with Crippen molar-refractivity contribution in [2.75, 3.05) is 19.7 Å². The minimum Gasteiger partial charge on any atom is -0.367 e. The highest BCUT2D eigenvalue weighted by atomic mass is 16.5. The number of hydrogen-bond donors (Lipinski definition) is 1. The number of nitrogens with two attached hydrogens (primary N) is 1. The van der Waals surface area contributed by atoms with Gasteiger partial charge in [0.1, 0.15) is 0 Å². The van der Waals surface area contributed by atoms with Crippen LogP contribution in [0.1, 0.15) is 19.4 Å². The summed E-state index contributed by atoms with van der Waals surface area (Å²) in [6.07, 6.45) is 3.81. The van der Waals surface area contributed by atoms with Gasteiger partial charge in [-0.2, -0.15) is 0 Å². The molecule has 0 bridgehead atoms. The van der Waals surface area contributed by atoms with Crippen LogP contribution in [0.3, 0.4) is 0 Å². The second-order valence-corrected chi connectivity index (χ2v) is 7.23. The van der Waals surface area contributed by atoms with Gasteiger partial charge in [0.25, 0.3) is 5.91 Å². The number of pyridine rings is 1. The maximum atomic E-state index is 12.4. The molecule has 1 atom stereocenters. The van der Waals surface area contributed by atoms with Crippen LogP contribution in [0.2, 0.25) is 0 Å². The zero-order chi connectivity index (χ0) is 19.4. The van der Waals surface area contributed by atoms with Gasteiger partial charge >= 0.3 is 0 Å². The van der Waals surface area contributed by atoms with E-state index in [0.717, 1.165) is 16.7 Å². The van der Waals surface area contributed by atoms with Crippen molar-refractivity contribution < 1.29 is 14.3 Å². The Labute approximate surface area is 159 Å². The number of carbonyl (C=O) groups excluding carboxylic acids is 2. The Hall–Kier alpha value is -2.73. The van der Waals surface area contributed by atoms with Crippen molar-refractivity contribution in [2.45, 2.75) is 25.9 Å². The first kappa shape index (κ1) is 19.0. The Morgan fingerprint density at radius 3 is 2.63 bits per heavy atom. The van der Waals surface area contributed by atoms with Gasteiger partial charge in [-0.05, 0) is 28.8 Å². The van der Waals surface area contributed by atoms with Crippen molar-refractivity contribution in [1.29, 1.82) is 0 Å². The zero-order valence-corrected chi connectivity index (χ0v) is 15.7. The van der Waals surface area contributed by atoms with Crippen LogP contribution in [0.25, 0.3) is 11.1 Å². The Morgan fingerprint density at radius 2 is 1.96 bits per heavy atom. The van der Waals surface area contributed by atoms with Gasteiger partial charge in [-0.3, -0.25) is 14.6 Å². The van der Waals surface area contributed by atoms with Crippen LogP contribution in [-0.4, -0.2) is 47.0 Å². The van der Waals surface area contributed by atoms with Crippen molar-refractivity contribution in [1.82, 2.24) is 9.88 Å². The third kappa shape index (κ3) is 4.17. The molecule has 0 unspecified atom stereocenters. The summed E-state index contributed by atoms with van der Waals surface area (Å²) in [5, 5.41) is 0. The predicted octanol–water partition coefficient (Wildman–Crippen LogP) is 2.03. The lowest BCUT2D eigenvalue weighted by Gasteiger charge is -2.41. The van der Waals surface area contributed by atoms with Gasteiger partial charge in [0.2, 0.25) is 5.91 Å². The third-order valence-electron chi connectivity index (χ3n) is 4.87. The molecule has 1 aliphatic rings. The average molecular weight is 367 g/mol. The van der Waals surface area contributed by atoms with Gasteiger partial charge in [0, 0.05) is 31.3 Å². The molecule has 6 nitrogen and oxygen atoms in total. The first-order chi connectivity index (χ1) is 12.9. The van der Waals surface area contributed by atoms with Crippen molar-refractivity contribution in [2.24, 2.45) is 11.7 Å². The number of morpholine rings is 1. The van der Waals surface area contributed by atoms with Gasteiger partial charge in [-0.15, -0.1) is 0 Å². The van der Waals surface area contributed by atoms with Crippen LogP contribution >= 0.6 is 0 Å². The number of ether oxygens (including phenoxy) is 1. The van der Waals surface area contributed by atoms with Crippen molar-refractivity contribution in [3.63, 3.8) is 0 Å². The first-order valence-electron chi connectivity index (χ1n) is 9.13. The van der Waals surface area contributed by atoms with Crippen LogP contribution in [0.4, 0.5) is 0 Å². The van der Waals surface area contributed by atoms with Crippen molar-refractivity contribution >= 4 is 11.8 Å². The molecule has 2 heterocycles. The lowest BCUT2D eigenvalue weighted by Crippen LogP contribution is -2.61. The van der Waals surface area contributed by atoms with E-state index in [0.29, 0.717) is 19.6 Å². The van der Waals surface area contributed by atoms with E-state index in [1.807, 2.05) is 50.2 Å². The van der Waals surface area contributed by atoms with Crippen molar-refractivity contribution in [3.05, 3.63) is 54.4 Å². The third-order valence-corrected chi connectivity index (χ3v) is 4.87. The molecule has 6 heteroatoms. The fourth-order valence-corrected chi connectivity index (χ4v) is 3.42. The van der Waals surface area contributed by atoms with E-state index in [-0.39, 0.29) is 18.4 Å². The highest BCUT2D eigenvalue weighted by Crippen LogP contribution is 2.27.